The molecule has 5 nitrogen and oxygen atoms in total. The van der Waals surface area contributed by atoms with Gasteiger partial charge in [-0.1, -0.05) is 13.8 Å². The van der Waals surface area contributed by atoms with Crippen LogP contribution in [0.3, 0.4) is 0 Å². The molecule has 118 valence electrons. The first kappa shape index (κ1) is 18.0. The Hall–Kier alpha value is -1.08. The van der Waals surface area contributed by atoms with Crippen molar-refractivity contribution in [3.63, 3.8) is 0 Å². The van der Waals surface area contributed by atoms with Gasteiger partial charge < -0.3 is 10.1 Å². The number of aromatic nitrogens is 1. The summed E-state index contributed by atoms with van der Waals surface area (Å²) in [4.78, 5) is 27.7. The molecule has 1 aromatic heterocycles. The topological polar surface area (TPSA) is 68.3 Å². The molecule has 1 amide bonds. The van der Waals surface area contributed by atoms with E-state index >= 15 is 0 Å². The van der Waals surface area contributed by atoms with Crippen molar-refractivity contribution in [1.82, 2.24) is 10.3 Å². The van der Waals surface area contributed by atoms with Gasteiger partial charge in [0.1, 0.15) is 5.69 Å². The molecule has 0 saturated heterocycles. The van der Waals surface area contributed by atoms with Gasteiger partial charge in [-0.3, -0.25) is 4.79 Å². The molecule has 0 bridgehead atoms. The standard InChI is InChI=1S/C14H22N2O3S2/c1-5-14(6-2,20-4)9-15-11(17)10-8-21-12(16-10)13(18)19-7-3/h8H,5-7,9H2,1-4H3,(H,15,17). The highest BCUT2D eigenvalue weighted by atomic mass is 32.2. The van der Waals surface area contributed by atoms with Crippen molar-refractivity contribution >= 4 is 35.0 Å². The van der Waals surface area contributed by atoms with Crippen LogP contribution in [-0.2, 0) is 4.74 Å². The number of esters is 1. The Bertz CT molecular complexity index is 476. The van der Waals surface area contributed by atoms with E-state index in [1.807, 2.05) is 0 Å². The molecule has 0 aliphatic heterocycles. The van der Waals surface area contributed by atoms with Gasteiger partial charge in [-0.05, 0) is 26.0 Å². The van der Waals surface area contributed by atoms with Gasteiger partial charge in [-0.2, -0.15) is 11.8 Å². The Labute approximate surface area is 133 Å². The number of thiazole rings is 1. The lowest BCUT2D eigenvalue weighted by Gasteiger charge is -2.29. The Morgan fingerprint density at radius 3 is 2.57 bits per heavy atom. The minimum atomic E-state index is -0.484. The highest BCUT2D eigenvalue weighted by Crippen LogP contribution is 2.29. The number of carbonyl (C=O) groups excluding carboxylic acids is 2. The van der Waals surface area contributed by atoms with Crippen molar-refractivity contribution in [2.24, 2.45) is 0 Å². The summed E-state index contributed by atoms with van der Waals surface area (Å²) in [5, 5.41) is 4.70. The lowest BCUT2D eigenvalue weighted by molar-refractivity contribution is 0.0526. The summed E-state index contributed by atoms with van der Waals surface area (Å²) < 4.78 is 4.91. The number of hydrogen-bond donors (Lipinski definition) is 1. The molecule has 0 unspecified atom stereocenters. The second-order valence-corrected chi connectivity index (χ2v) is 6.67. The number of amides is 1. The molecule has 0 fully saturated rings. The highest BCUT2D eigenvalue weighted by Gasteiger charge is 2.26. The molecule has 0 radical (unpaired) electrons. The van der Waals surface area contributed by atoms with Gasteiger partial charge >= 0.3 is 5.97 Å². The zero-order valence-corrected chi connectivity index (χ0v) is 14.5. The molecule has 0 saturated carbocycles. The van der Waals surface area contributed by atoms with Crippen LogP contribution in [0.1, 0.15) is 53.9 Å². The van der Waals surface area contributed by atoms with Crippen molar-refractivity contribution in [2.75, 3.05) is 19.4 Å². The predicted molar refractivity (Wildman–Crippen MR) is 87.2 cm³/mol. The van der Waals surface area contributed by atoms with Crippen LogP contribution in [0.15, 0.2) is 5.38 Å². The second-order valence-electron chi connectivity index (χ2n) is 4.54. The Morgan fingerprint density at radius 1 is 1.38 bits per heavy atom. The minimum Gasteiger partial charge on any atom is -0.461 e. The molecular weight excluding hydrogens is 308 g/mol. The third kappa shape index (κ3) is 4.71. The summed E-state index contributed by atoms with van der Waals surface area (Å²) in [5.41, 5.74) is 0.269. The number of rotatable bonds is 8. The molecule has 0 aromatic carbocycles. The van der Waals surface area contributed by atoms with Crippen LogP contribution >= 0.6 is 23.1 Å². The van der Waals surface area contributed by atoms with Gasteiger partial charge in [0, 0.05) is 16.7 Å². The zero-order chi connectivity index (χ0) is 15.9. The SMILES string of the molecule is CCOC(=O)c1nc(C(=O)NCC(CC)(CC)SC)cs1. The summed E-state index contributed by atoms with van der Waals surface area (Å²) in [7, 11) is 0. The molecule has 1 N–H and O–H groups in total. The molecule has 0 atom stereocenters. The Morgan fingerprint density at radius 2 is 2.05 bits per heavy atom. The highest BCUT2D eigenvalue weighted by molar-refractivity contribution is 8.00. The van der Waals surface area contributed by atoms with Crippen LogP contribution in [-0.4, -0.2) is 41.0 Å². The van der Waals surface area contributed by atoms with Gasteiger partial charge in [0.25, 0.3) is 5.91 Å². The molecular formula is C14H22N2O3S2. The van der Waals surface area contributed by atoms with Crippen LogP contribution in [0.25, 0.3) is 0 Å². The van der Waals surface area contributed by atoms with Gasteiger partial charge in [0.05, 0.1) is 6.61 Å². The van der Waals surface area contributed by atoms with E-state index < -0.39 is 5.97 Å². The summed E-state index contributed by atoms with van der Waals surface area (Å²) in [6.07, 6.45) is 4.02. The first-order chi connectivity index (χ1) is 10.0. The largest absolute Gasteiger partial charge is 0.461 e. The first-order valence-corrected chi connectivity index (χ1v) is 9.08. The molecule has 21 heavy (non-hydrogen) atoms. The second kappa shape index (κ2) is 8.38. The number of ether oxygens (including phenoxy) is 1. The van der Waals surface area contributed by atoms with Crippen molar-refractivity contribution < 1.29 is 14.3 Å². The monoisotopic (exact) mass is 330 g/mol. The van der Waals surface area contributed by atoms with Crippen molar-refractivity contribution in [1.29, 1.82) is 0 Å². The number of carbonyl (C=O) groups is 2. The maximum atomic E-state index is 12.1. The number of hydrogen-bond acceptors (Lipinski definition) is 6. The van der Waals surface area contributed by atoms with Crippen molar-refractivity contribution in [2.45, 2.75) is 38.4 Å². The minimum absolute atomic E-state index is 0.0512. The van der Waals surface area contributed by atoms with Crippen molar-refractivity contribution in [3.8, 4) is 0 Å². The fourth-order valence-electron chi connectivity index (χ4n) is 1.86. The van der Waals surface area contributed by atoms with Crippen LogP contribution in [0.4, 0.5) is 0 Å². The maximum absolute atomic E-state index is 12.1. The van der Waals surface area contributed by atoms with E-state index in [-0.39, 0.29) is 21.4 Å². The Kier molecular flexibility index (Phi) is 7.17. The van der Waals surface area contributed by atoms with E-state index in [0.29, 0.717) is 13.2 Å². The zero-order valence-electron chi connectivity index (χ0n) is 12.9. The summed E-state index contributed by atoms with van der Waals surface area (Å²) in [6.45, 7) is 6.85. The summed E-state index contributed by atoms with van der Waals surface area (Å²) in [5.74, 6) is -0.732. The fourth-order valence-corrected chi connectivity index (χ4v) is 3.34. The molecule has 0 aliphatic rings. The van der Waals surface area contributed by atoms with E-state index in [9.17, 15) is 9.59 Å². The molecule has 1 aromatic rings. The van der Waals surface area contributed by atoms with E-state index in [4.69, 9.17) is 4.74 Å². The molecule has 1 heterocycles. The van der Waals surface area contributed by atoms with Crippen molar-refractivity contribution in [3.05, 3.63) is 16.1 Å². The third-order valence-electron chi connectivity index (χ3n) is 3.48. The average Bonchev–Trinajstić information content (AvgIpc) is 2.99. The summed E-state index contributed by atoms with van der Waals surface area (Å²) >= 11 is 2.89. The van der Waals surface area contributed by atoms with E-state index in [2.05, 4.69) is 30.4 Å². The molecule has 1 rings (SSSR count). The quantitative estimate of drug-likeness (QED) is 0.742. The number of nitrogens with one attached hydrogen (secondary N) is 1. The Balaban J connectivity index is 2.66. The van der Waals surface area contributed by atoms with Gasteiger partial charge in [-0.25, -0.2) is 9.78 Å². The predicted octanol–water partition coefficient (Wildman–Crippen LogP) is 2.97. The van der Waals surface area contributed by atoms with Gasteiger partial charge in [-0.15, -0.1) is 11.3 Å². The van der Waals surface area contributed by atoms with Crippen LogP contribution in [0.5, 0.6) is 0 Å². The van der Waals surface area contributed by atoms with E-state index in [0.717, 1.165) is 24.2 Å². The third-order valence-corrected chi connectivity index (χ3v) is 5.89. The van der Waals surface area contributed by atoms with Crippen LogP contribution in [0, 0.1) is 0 Å². The molecule has 7 heteroatoms. The number of thioether (sulfide) groups is 1. The average molecular weight is 330 g/mol. The molecule has 0 aliphatic carbocycles. The normalized spacial score (nSPS) is 11.2. The van der Waals surface area contributed by atoms with Gasteiger partial charge in [0.2, 0.25) is 5.01 Å². The molecule has 0 spiro atoms. The van der Waals surface area contributed by atoms with Crippen LogP contribution < -0.4 is 5.32 Å². The number of nitrogens with zero attached hydrogens (tertiary/aromatic N) is 1. The van der Waals surface area contributed by atoms with Crippen LogP contribution in [0.2, 0.25) is 0 Å². The van der Waals surface area contributed by atoms with E-state index in [1.165, 1.54) is 0 Å². The lowest BCUT2D eigenvalue weighted by Crippen LogP contribution is -2.39. The maximum Gasteiger partial charge on any atom is 0.367 e. The lowest BCUT2D eigenvalue weighted by atomic mass is 10.0. The fraction of sp³-hybridized carbons (Fsp3) is 0.643. The van der Waals surface area contributed by atoms with E-state index in [1.54, 1.807) is 24.1 Å². The van der Waals surface area contributed by atoms with Gasteiger partial charge in [0.15, 0.2) is 0 Å². The smallest absolute Gasteiger partial charge is 0.367 e. The summed E-state index contributed by atoms with van der Waals surface area (Å²) in [6, 6.07) is 0. The first-order valence-electron chi connectivity index (χ1n) is 6.97.